The minimum atomic E-state index is -2.87. The summed E-state index contributed by atoms with van der Waals surface area (Å²) in [7, 11) is -2.87. The quantitative estimate of drug-likeness (QED) is 0.453. The zero-order valence-electron chi connectivity index (χ0n) is 5.88. The summed E-state index contributed by atoms with van der Waals surface area (Å²) in [4.78, 5) is 33.5. The lowest BCUT2D eigenvalue weighted by Gasteiger charge is -1.85. The second kappa shape index (κ2) is 8.06. The summed E-state index contributed by atoms with van der Waals surface area (Å²) in [5.41, 5.74) is 0. The molecule has 0 saturated carbocycles. The first-order valence-corrected chi connectivity index (χ1v) is 3.81. The van der Waals surface area contributed by atoms with E-state index < -0.39 is 20.2 Å². The third kappa shape index (κ3) is 36.2. The van der Waals surface area contributed by atoms with Crippen molar-refractivity contribution in [2.75, 3.05) is 0 Å². The zero-order chi connectivity index (χ0) is 10.1. The standard InChI is InChI=1S/C4H6O4.HO3P/c5-3(6)1-2-4(7)8;1-4(2)3/h1-2H2,(H,5,6)(H,7,8);(H-,1,2,3)/p+1. The van der Waals surface area contributed by atoms with Gasteiger partial charge >= 0.3 is 20.2 Å². The molecule has 0 aliphatic rings. The Bertz CT molecular complexity index is 158. The highest BCUT2D eigenvalue weighted by atomic mass is 31.1. The molecule has 0 aromatic heterocycles. The number of aliphatic carboxylic acids is 2. The summed E-state index contributed by atoms with van der Waals surface area (Å²) in [6, 6.07) is 0. The van der Waals surface area contributed by atoms with Gasteiger partial charge in [-0.2, -0.15) is 0 Å². The van der Waals surface area contributed by atoms with Crippen LogP contribution in [0.1, 0.15) is 12.8 Å². The number of carbonyl (C=O) groups is 2. The molecule has 0 amide bonds. The zero-order valence-corrected chi connectivity index (χ0v) is 6.77. The molecule has 0 aliphatic heterocycles. The summed E-state index contributed by atoms with van der Waals surface area (Å²) in [5, 5.41) is 15.8. The molecular weight excluding hydrogens is 191 g/mol. The van der Waals surface area contributed by atoms with Gasteiger partial charge in [0.1, 0.15) is 0 Å². The molecule has 0 saturated heterocycles. The smallest absolute Gasteiger partial charge is 0.481 e. The molecule has 0 radical (unpaired) electrons. The van der Waals surface area contributed by atoms with Crippen molar-refractivity contribution in [3.63, 3.8) is 0 Å². The number of carboxylic acids is 2. The Morgan fingerprint density at radius 2 is 1.17 bits per heavy atom. The third-order valence-electron chi connectivity index (χ3n) is 0.553. The lowest BCUT2D eigenvalue weighted by Crippen LogP contribution is -2.00. The Morgan fingerprint density at radius 3 is 1.25 bits per heavy atom. The fourth-order valence-electron chi connectivity index (χ4n) is 0.214. The molecule has 0 spiro atoms. The van der Waals surface area contributed by atoms with Crippen LogP contribution in [0.25, 0.3) is 0 Å². The lowest BCUT2D eigenvalue weighted by molar-refractivity contribution is -0.143. The van der Waals surface area contributed by atoms with Crippen molar-refractivity contribution in [2.24, 2.45) is 0 Å². The van der Waals surface area contributed by atoms with Crippen LogP contribution < -0.4 is 0 Å². The first kappa shape index (κ1) is 13.5. The molecule has 0 aromatic carbocycles. The van der Waals surface area contributed by atoms with Gasteiger partial charge in [0.15, 0.2) is 0 Å². The predicted molar refractivity (Wildman–Crippen MR) is 36.5 cm³/mol. The van der Waals surface area contributed by atoms with Gasteiger partial charge in [-0.1, -0.05) is 0 Å². The highest BCUT2D eigenvalue weighted by molar-refractivity contribution is 7.30. The average Bonchev–Trinajstić information content (AvgIpc) is 1.82. The maximum Gasteiger partial charge on any atom is 0.692 e. The van der Waals surface area contributed by atoms with Crippen molar-refractivity contribution in [2.45, 2.75) is 12.8 Å². The molecule has 0 aliphatic carbocycles. The van der Waals surface area contributed by atoms with Crippen LogP contribution in [0, 0.1) is 0 Å². The molecule has 0 atom stereocenters. The maximum absolute atomic E-state index is 9.64. The average molecular weight is 199 g/mol. The summed E-state index contributed by atoms with van der Waals surface area (Å²) < 4.78 is 8.70. The van der Waals surface area contributed by atoms with Gasteiger partial charge in [0, 0.05) is 4.57 Å². The minimum Gasteiger partial charge on any atom is -0.481 e. The van der Waals surface area contributed by atoms with E-state index in [-0.39, 0.29) is 12.8 Å². The Hall–Kier alpha value is -1.04. The third-order valence-corrected chi connectivity index (χ3v) is 0.553. The number of carboxylic acid groups (broad SMARTS) is 2. The Labute approximate surface area is 68.2 Å². The summed E-state index contributed by atoms with van der Waals surface area (Å²) >= 11 is 0. The predicted octanol–water partition coefficient (Wildman–Crippen LogP) is -0.436. The van der Waals surface area contributed by atoms with Gasteiger partial charge in [-0.3, -0.25) is 9.59 Å². The largest absolute Gasteiger partial charge is 0.692 e. The molecule has 8 heteroatoms. The Kier molecular flexibility index (Phi) is 9.10. The van der Waals surface area contributed by atoms with Gasteiger partial charge in [0.2, 0.25) is 0 Å². The molecule has 12 heavy (non-hydrogen) atoms. The fraction of sp³-hybridized carbons (Fsp3) is 0.500. The van der Waals surface area contributed by atoms with Gasteiger partial charge in [-0.25, -0.2) is 0 Å². The number of hydrogen-bond donors (Lipinski definition) is 4. The highest BCUT2D eigenvalue weighted by Crippen LogP contribution is 1.98. The van der Waals surface area contributed by atoms with Crippen LogP contribution in [0.3, 0.4) is 0 Å². The monoisotopic (exact) mass is 199 g/mol. The van der Waals surface area contributed by atoms with Gasteiger partial charge < -0.3 is 10.2 Å². The van der Waals surface area contributed by atoms with Crippen LogP contribution >= 0.6 is 8.25 Å². The molecular formula is C4H8O7P+. The van der Waals surface area contributed by atoms with Crippen LogP contribution in [0.2, 0.25) is 0 Å². The topological polar surface area (TPSA) is 132 Å². The van der Waals surface area contributed by atoms with Crippen molar-refractivity contribution >= 4 is 20.2 Å². The van der Waals surface area contributed by atoms with Crippen molar-refractivity contribution in [3.8, 4) is 0 Å². The van der Waals surface area contributed by atoms with Crippen molar-refractivity contribution < 1.29 is 34.2 Å². The maximum atomic E-state index is 9.64. The molecule has 70 valence electrons. The van der Waals surface area contributed by atoms with Gasteiger partial charge in [0.05, 0.1) is 12.8 Å². The van der Waals surface area contributed by atoms with Crippen molar-refractivity contribution in [1.82, 2.24) is 0 Å². The molecule has 0 aromatic rings. The van der Waals surface area contributed by atoms with E-state index in [0.717, 1.165) is 0 Å². The van der Waals surface area contributed by atoms with Crippen molar-refractivity contribution in [3.05, 3.63) is 0 Å². The van der Waals surface area contributed by atoms with E-state index in [9.17, 15) is 9.59 Å². The van der Waals surface area contributed by atoms with Crippen LogP contribution in [0.4, 0.5) is 0 Å². The van der Waals surface area contributed by atoms with E-state index >= 15 is 0 Å². The van der Waals surface area contributed by atoms with Gasteiger partial charge in [-0.05, 0) is 0 Å². The van der Waals surface area contributed by atoms with E-state index in [2.05, 4.69) is 0 Å². The molecule has 7 nitrogen and oxygen atoms in total. The number of rotatable bonds is 3. The molecule has 0 rings (SSSR count). The van der Waals surface area contributed by atoms with Crippen LogP contribution in [0.5, 0.6) is 0 Å². The SMILES string of the molecule is O=C(O)CCC(=O)O.O=[P+](O)O. The second-order valence-electron chi connectivity index (χ2n) is 1.54. The summed E-state index contributed by atoms with van der Waals surface area (Å²) in [5.74, 6) is -2.15. The molecule has 4 N–H and O–H groups in total. The Morgan fingerprint density at radius 1 is 1.00 bits per heavy atom. The van der Waals surface area contributed by atoms with Gasteiger partial charge in [-0.15, -0.1) is 9.79 Å². The Balaban J connectivity index is 0. The summed E-state index contributed by atoms with van der Waals surface area (Å²) in [6.07, 6.45) is -0.593. The molecule has 0 heterocycles. The highest BCUT2D eigenvalue weighted by Gasteiger charge is 2.00. The first-order chi connectivity index (χ1) is 5.36. The number of hydrogen-bond acceptors (Lipinski definition) is 3. The second-order valence-corrected chi connectivity index (χ2v) is 2.05. The van der Waals surface area contributed by atoms with Crippen molar-refractivity contribution in [1.29, 1.82) is 0 Å². The van der Waals surface area contributed by atoms with Gasteiger partial charge in [0.25, 0.3) is 0 Å². The van der Waals surface area contributed by atoms with E-state index in [1.165, 1.54) is 0 Å². The van der Waals surface area contributed by atoms with Crippen LogP contribution in [-0.2, 0) is 14.2 Å². The molecule has 0 bridgehead atoms. The fourth-order valence-corrected chi connectivity index (χ4v) is 0.214. The first-order valence-electron chi connectivity index (χ1n) is 2.65. The molecule has 0 unspecified atom stereocenters. The normalized spacial score (nSPS) is 7.83. The lowest BCUT2D eigenvalue weighted by atomic mass is 10.3. The van der Waals surface area contributed by atoms with Crippen LogP contribution in [0.15, 0.2) is 0 Å². The van der Waals surface area contributed by atoms with E-state index in [0.29, 0.717) is 0 Å². The minimum absolute atomic E-state index is 0.296. The van der Waals surface area contributed by atoms with Crippen LogP contribution in [-0.4, -0.2) is 31.9 Å². The molecule has 0 fully saturated rings. The summed E-state index contributed by atoms with van der Waals surface area (Å²) in [6.45, 7) is 0. The van der Waals surface area contributed by atoms with E-state index in [1.807, 2.05) is 0 Å². The van der Waals surface area contributed by atoms with E-state index in [1.54, 1.807) is 0 Å². The van der Waals surface area contributed by atoms with E-state index in [4.69, 9.17) is 24.6 Å².